The van der Waals surface area contributed by atoms with Gasteiger partial charge in [-0.15, -0.1) is 0 Å². The average molecular weight is 340 g/mol. The van der Waals surface area contributed by atoms with E-state index in [0.29, 0.717) is 24.1 Å². The normalized spacial score (nSPS) is 20.5. The van der Waals surface area contributed by atoms with Crippen molar-refractivity contribution in [3.8, 4) is 0 Å². The van der Waals surface area contributed by atoms with Crippen molar-refractivity contribution in [1.82, 2.24) is 29.9 Å². The van der Waals surface area contributed by atoms with E-state index in [1.807, 2.05) is 23.0 Å². The zero-order chi connectivity index (χ0) is 17.1. The molecule has 0 aromatic carbocycles. The number of hydrogen-bond donors (Lipinski definition) is 1. The maximum Gasteiger partial charge on any atom is 0.287 e. The van der Waals surface area contributed by atoms with Crippen LogP contribution < -0.4 is 5.32 Å². The molecule has 1 aliphatic rings. The van der Waals surface area contributed by atoms with Gasteiger partial charge in [0.05, 0.1) is 12.6 Å². The Morgan fingerprint density at radius 1 is 1.24 bits per heavy atom. The van der Waals surface area contributed by atoms with Crippen LogP contribution in [-0.4, -0.2) is 36.5 Å². The summed E-state index contributed by atoms with van der Waals surface area (Å²) in [6, 6.07) is 5.94. The van der Waals surface area contributed by atoms with Crippen LogP contribution >= 0.6 is 0 Å². The molecule has 8 heteroatoms. The summed E-state index contributed by atoms with van der Waals surface area (Å²) in [5, 5.41) is 11.4. The molecule has 0 saturated heterocycles. The van der Waals surface area contributed by atoms with Crippen LogP contribution in [0.2, 0.25) is 0 Å². The van der Waals surface area contributed by atoms with Gasteiger partial charge in [0, 0.05) is 18.4 Å². The Morgan fingerprint density at radius 3 is 2.84 bits per heavy atom. The van der Waals surface area contributed by atoms with Gasteiger partial charge in [-0.2, -0.15) is 10.2 Å². The van der Waals surface area contributed by atoms with Crippen LogP contribution in [0, 0.1) is 0 Å². The predicted molar refractivity (Wildman–Crippen MR) is 88.8 cm³/mol. The molecule has 0 unspecified atom stereocenters. The first kappa shape index (κ1) is 15.6. The first-order valence-electron chi connectivity index (χ1n) is 8.49. The molecule has 1 N–H and O–H groups in total. The van der Waals surface area contributed by atoms with E-state index in [9.17, 15) is 4.79 Å². The molecule has 0 aliphatic heterocycles. The van der Waals surface area contributed by atoms with Gasteiger partial charge < -0.3 is 9.73 Å². The molecule has 0 bridgehead atoms. The Hall–Kier alpha value is -2.90. The van der Waals surface area contributed by atoms with Gasteiger partial charge in [0.25, 0.3) is 5.91 Å². The van der Waals surface area contributed by atoms with Gasteiger partial charge in [0.15, 0.2) is 5.76 Å². The lowest BCUT2D eigenvalue weighted by Gasteiger charge is -2.28. The van der Waals surface area contributed by atoms with Crippen molar-refractivity contribution in [3.63, 3.8) is 0 Å². The van der Waals surface area contributed by atoms with E-state index < -0.39 is 0 Å². The van der Waals surface area contributed by atoms with E-state index in [2.05, 4.69) is 20.5 Å². The number of carbonyl (C=O) groups excluding carboxylic acids is 1. The van der Waals surface area contributed by atoms with Gasteiger partial charge in [0.1, 0.15) is 18.4 Å². The third kappa shape index (κ3) is 3.62. The summed E-state index contributed by atoms with van der Waals surface area (Å²) < 4.78 is 9.31. The summed E-state index contributed by atoms with van der Waals surface area (Å²) in [6.07, 6.45) is 10.7. The van der Waals surface area contributed by atoms with Gasteiger partial charge in [-0.25, -0.2) is 9.67 Å². The van der Waals surface area contributed by atoms with Crippen molar-refractivity contribution >= 4 is 5.91 Å². The molecule has 130 valence electrons. The third-order valence-corrected chi connectivity index (χ3v) is 4.61. The highest BCUT2D eigenvalue weighted by atomic mass is 16.4. The summed E-state index contributed by atoms with van der Waals surface area (Å²) in [5.74, 6) is 0.903. The van der Waals surface area contributed by atoms with E-state index in [0.717, 1.165) is 25.7 Å². The Bertz CT molecular complexity index is 800. The Morgan fingerprint density at radius 2 is 2.12 bits per heavy atom. The second kappa shape index (κ2) is 6.92. The van der Waals surface area contributed by atoms with Crippen LogP contribution in [0.3, 0.4) is 0 Å². The monoisotopic (exact) mass is 340 g/mol. The molecular weight excluding hydrogens is 320 g/mol. The number of carbonyl (C=O) groups is 1. The number of nitrogens with one attached hydrogen (secondary N) is 1. The molecule has 1 aliphatic carbocycles. The SMILES string of the molecule is O=C(NC1CCC(n2cncn2)CC1)c1ccc(Cn2cccn2)o1. The van der Waals surface area contributed by atoms with Crippen LogP contribution in [0.5, 0.6) is 0 Å². The van der Waals surface area contributed by atoms with Crippen molar-refractivity contribution in [1.29, 1.82) is 0 Å². The van der Waals surface area contributed by atoms with E-state index in [-0.39, 0.29) is 11.9 Å². The minimum Gasteiger partial charge on any atom is -0.454 e. The number of aromatic nitrogens is 5. The number of hydrogen-bond acceptors (Lipinski definition) is 5. The number of rotatable bonds is 5. The van der Waals surface area contributed by atoms with Crippen molar-refractivity contribution in [2.24, 2.45) is 0 Å². The van der Waals surface area contributed by atoms with Crippen LogP contribution in [0.4, 0.5) is 0 Å². The Kier molecular flexibility index (Phi) is 4.32. The van der Waals surface area contributed by atoms with Gasteiger partial charge >= 0.3 is 0 Å². The maximum atomic E-state index is 12.4. The van der Waals surface area contributed by atoms with Crippen molar-refractivity contribution in [3.05, 3.63) is 54.8 Å². The van der Waals surface area contributed by atoms with Gasteiger partial charge in [-0.3, -0.25) is 9.48 Å². The Labute approximate surface area is 144 Å². The van der Waals surface area contributed by atoms with E-state index >= 15 is 0 Å². The molecule has 3 aromatic rings. The Balaban J connectivity index is 1.30. The lowest BCUT2D eigenvalue weighted by Crippen LogP contribution is -2.37. The molecule has 1 saturated carbocycles. The van der Waals surface area contributed by atoms with Crippen LogP contribution in [0.1, 0.15) is 48.0 Å². The fraction of sp³-hybridized carbons (Fsp3) is 0.412. The molecular formula is C17H20N6O2. The van der Waals surface area contributed by atoms with Gasteiger partial charge in [0.2, 0.25) is 0 Å². The van der Waals surface area contributed by atoms with Crippen LogP contribution in [-0.2, 0) is 6.54 Å². The van der Waals surface area contributed by atoms with E-state index in [1.165, 1.54) is 0 Å². The van der Waals surface area contributed by atoms with Gasteiger partial charge in [-0.1, -0.05) is 0 Å². The first-order chi connectivity index (χ1) is 12.3. The first-order valence-corrected chi connectivity index (χ1v) is 8.49. The molecule has 4 rings (SSSR count). The molecule has 3 aromatic heterocycles. The molecule has 0 atom stereocenters. The fourth-order valence-electron chi connectivity index (χ4n) is 3.29. The highest BCUT2D eigenvalue weighted by Crippen LogP contribution is 2.27. The van der Waals surface area contributed by atoms with Crippen molar-refractivity contribution < 1.29 is 9.21 Å². The number of furan rings is 1. The standard InChI is InChI=1S/C17H20N6O2/c24-17(16-7-6-15(25-16)10-22-9-1-8-19-22)21-13-2-4-14(5-3-13)23-12-18-11-20-23/h1,6-9,11-14H,2-5,10H2,(H,21,24). The van der Waals surface area contributed by atoms with E-state index in [1.54, 1.807) is 29.6 Å². The number of amides is 1. The summed E-state index contributed by atoms with van der Waals surface area (Å²) in [6.45, 7) is 0.517. The smallest absolute Gasteiger partial charge is 0.287 e. The second-order valence-corrected chi connectivity index (χ2v) is 6.32. The molecule has 25 heavy (non-hydrogen) atoms. The third-order valence-electron chi connectivity index (χ3n) is 4.61. The molecule has 8 nitrogen and oxygen atoms in total. The lowest BCUT2D eigenvalue weighted by atomic mass is 9.91. The fourth-order valence-corrected chi connectivity index (χ4v) is 3.29. The summed E-state index contributed by atoms with van der Waals surface area (Å²) in [5.41, 5.74) is 0. The van der Waals surface area contributed by atoms with Crippen molar-refractivity contribution in [2.45, 2.75) is 44.3 Å². The molecule has 1 fully saturated rings. The topological polar surface area (TPSA) is 90.8 Å². The lowest BCUT2D eigenvalue weighted by molar-refractivity contribution is 0.0891. The van der Waals surface area contributed by atoms with Gasteiger partial charge in [-0.05, 0) is 43.9 Å². The minimum absolute atomic E-state index is 0.157. The number of nitrogens with zero attached hydrogens (tertiary/aromatic N) is 5. The van der Waals surface area contributed by atoms with Crippen molar-refractivity contribution in [2.75, 3.05) is 0 Å². The molecule has 3 heterocycles. The summed E-state index contributed by atoms with van der Waals surface area (Å²) in [4.78, 5) is 16.4. The zero-order valence-corrected chi connectivity index (χ0v) is 13.8. The minimum atomic E-state index is -0.157. The zero-order valence-electron chi connectivity index (χ0n) is 13.8. The molecule has 1 amide bonds. The van der Waals surface area contributed by atoms with Crippen LogP contribution in [0.25, 0.3) is 0 Å². The summed E-state index contributed by atoms with van der Waals surface area (Å²) >= 11 is 0. The second-order valence-electron chi connectivity index (χ2n) is 6.32. The maximum absolute atomic E-state index is 12.4. The largest absolute Gasteiger partial charge is 0.454 e. The molecule has 0 radical (unpaired) electrons. The molecule has 0 spiro atoms. The predicted octanol–water partition coefficient (Wildman–Crippen LogP) is 2.03. The van der Waals surface area contributed by atoms with E-state index in [4.69, 9.17) is 4.42 Å². The highest BCUT2D eigenvalue weighted by Gasteiger charge is 2.25. The quantitative estimate of drug-likeness (QED) is 0.767. The average Bonchev–Trinajstić information content (AvgIpc) is 3.39. The van der Waals surface area contributed by atoms with Crippen LogP contribution in [0.15, 0.2) is 47.7 Å². The summed E-state index contributed by atoms with van der Waals surface area (Å²) in [7, 11) is 0. The highest BCUT2D eigenvalue weighted by molar-refractivity contribution is 5.91.